The fraction of sp³-hybridized carbons (Fsp3) is 0.400. The van der Waals surface area contributed by atoms with E-state index in [2.05, 4.69) is 38.1 Å². The number of benzene rings is 1. The molecule has 1 heteroatoms. The molecule has 0 saturated carbocycles. The van der Waals surface area contributed by atoms with Crippen molar-refractivity contribution in [3.63, 3.8) is 0 Å². The van der Waals surface area contributed by atoms with E-state index in [4.69, 9.17) is 1.34 Å². The lowest BCUT2D eigenvalue weighted by atomic mass is 9.93. The predicted molar refractivity (Wildman–Crippen MR) is 52.8 cm³/mol. The molecule has 1 rings (SSSR count). The van der Waals surface area contributed by atoms with Gasteiger partial charge in [0, 0.05) is 0 Å². The van der Waals surface area contributed by atoms with Gasteiger partial charge in [-0.15, -0.1) is 0 Å². The number of hydrogen-bond acceptors (Lipinski definition) is 0. The molecule has 0 aliphatic rings. The van der Waals surface area contributed by atoms with Crippen LogP contribution in [-0.4, -0.2) is 9.15 Å². The molecule has 0 aliphatic carbocycles. The molecule has 58 valence electrons. The average molecular weight is 147 g/mol. The first-order valence-corrected chi connectivity index (χ1v) is 4.12. The third-order valence-corrected chi connectivity index (χ3v) is 1.91. The molecule has 0 bridgehead atoms. The van der Waals surface area contributed by atoms with Gasteiger partial charge in [0.25, 0.3) is 0 Å². The summed E-state index contributed by atoms with van der Waals surface area (Å²) < 4.78 is 7.12. The second kappa shape index (κ2) is 3.61. The van der Waals surface area contributed by atoms with Gasteiger partial charge in [0.1, 0.15) is 7.81 Å². The predicted octanol–water partition coefficient (Wildman–Crippen LogP) is 1.94. The second-order valence-electron chi connectivity index (χ2n) is 3.15. The van der Waals surface area contributed by atoms with Gasteiger partial charge >= 0.3 is 0 Å². The van der Waals surface area contributed by atoms with Crippen molar-refractivity contribution in [3.05, 3.63) is 35.4 Å². The molecule has 0 amide bonds. The zero-order valence-corrected chi connectivity index (χ0v) is 7.30. The molecule has 0 spiro atoms. The Labute approximate surface area is 71.4 Å². The molecular formula is C10H15B. The highest BCUT2D eigenvalue weighted by atomic mass is 14.0. The van der Waals surface area contributed by atoms with E-state index in [1.807, 2.05) is 0 Å². The van der Waals surface area contributed by atoms with Crippen LogP contribution in [0.2, 0.25) is 0 Å². The molecule has 0 N–H and O–H groups in total. The van der Waals surface area contributed by atoms with E-state index in [0.29, 0.717) is 13.7 Å². The molecule has 0 aromatic heterocycles. The summed E-state index contributed by atoms with van der Waals surface area (Å²) in [5.74, 6) is 0.593. The fourth-order valence-corrected chi connectivity index (χ4v) is 1.11. The molecule has 0 atom stereocenters. The van der Waals surface area contributed by atoms with Gasteiger partial charge in [-0.25, -0.2) is 0 Å². The lowest BCUT2D eigenvalue weighted by Gasteiger charge is -2.05. The quantitative estimate of drug-likeness (QED) is 0.573. The molecule has 0 fully saturated rings. The zero-order valence-electron chi connectivity index (χ0n) is 8.30. The van der Waals surface area contributed by atoms with E-state index in [1.54, 1.807) is 0 Å². The van der Waals surface area contributed by atoms with Gasteiger partial charge in [0.2, 0.25) is 0 Å². The summed E-state index contributed by atoms with van der Waals surface area (Å²) in [4.78, 5) is 0. The molecule has 0 saturated heterocycles. The second-order valence-corrected chi connectivity index (χ2v) is 3.15. The molecule has 1 aromatic rings. The highest BCUT2D eigenvalue weighted by molar-refractivity contribution is 6.08. The first kappa shape index (κ1) is 6.96. The van der Waals surface area contributed by atoms with Gasteiger partial charge in [0.15, 0.2) is 0 Å². The highest BCUT2D eigenvalue weighted by Crippen LogP contribution is 2.15. The molecule has 0 radical (unpaired) electrons. The molecular weight excluding hydrogens is 131 g/mol. The van der Waals surface area contributed by atoms with Crippen LogP contribution in [-0.2, 0) is 6.32 Å². The minimum Gasteiger partial charge on any atom is -0.0617 e. The Kier molecular flexibility index (Phi) is 2.29. The maximum absolute atomic E-state index is 7.12. The van der Waals surface area contributed by atoms with Crippen molar-refractivity contribution < 1.29 is 0 Å². The summed E-state index contributed by atoms with van der Waals surface area (Å²) in [6.07, 6.45) is 0.876. The SMILES string of the molecule is [2H]BCc1cccc(C(C)C)c1. The Bertz CT molecular complexity index is 245. The van der Waals surface area contributed by atoms with E-state index in [0.717, 1.165) is 6.32 Å². The standard InChI is InChI=1S/C10H15B/c1-8(2)10-5-3-4-9(6-10)7-11/h3-6,8H,7,11H2,1-2H3/i11D. The van der Waals surface area contributed by atoms with E-state index in [1.165, 1.54) is 11.1 Å². The maximum atomic E-state index is 7.12. The smallest absolute Gasteiger partial charge is 0.0617 e. The molecule has 0 unspecified atom stereocenters. The van der Waals surface area contributed by atoms with Crippen LogP contribution in [0.15, 0.2) is 24.3 Å². The number of hydrogen-bond donors (Lipinski definition) is 0. The van der Waals surface area contributed by atoms with Crippen molar-refractivity contribution >= 4 is 7.81 Å². The van der Waals surface area contributed by atoms with Crippen molar-refractivity contribution in [1.82, 2.24) is 0 Å². The van der Waals surface area contributed by atoms with E-state index in [-0.39, 0.29) is 0 Å². The lowest BCUT2D eigenvalue weighted by Crippen LogP contribution is -1.90. The van der Waals surface area contributed by atoms with Crippen LogP contribution < -0.4 is 0 Å². The number of rotatable bonds is 3. The van der Waals surface area contributed by atoms with E-state index >= 15 is 0 Å². The summed E-state index contributed by atoms with van der Waals surface area (Å²) in [5, 5.41) is 0. The van der Waals surface area contributed by atoms with Crippen molar-refractivity contribution in [1.29, 1.82) is 1.34 Å². The van der Waals surface area contributed by atoms with Crippen molar-refractivity contribution in [3.8, 4) is 0 Å². The first-order chi connectivity index (χ1) is 5.74. The molecule has 1 aromatic carbocycles. The summed E-state index contributed by atoms with van der Waals surface area (Å²) in [7, 11) is 0.488. The largest absolute Gasteiger partial charge is 0.107 e. The van der Waals surface area contributed by atoms with Crippen LogP contribution >= 0.6 is 0 Å². The van der Waals surface area contributed by atoms with Gasteiger partial charge in [-0.05, 0) is 12.8 Å². The zero-order chi connectivity index (χ0) is 8.97. The van der Waals surface area contributed by atoms with Crippen molar-refractivity contribution in [2.45, 2.75) is 26.1 Å². The van der Waals surface area contributed by atoms with Crippen molar-refractivity contribution in [2.24, 2.45) is 0 Å². The maximum Gasteiger partial charge on any atom is 0.107 e. The molecule has 11 heavy (non-hydrogen) atoms. The normalized spacial score (nSPS) is 11.4. The average Bonchev–Trinajstić information content (AvgIpc) is 2.05. The third kappa shape index (κ3) is 2.11. The van der Waals surface area contributed by atoms with Crippen LogP contribution in [0.4, 0.5) is 0 Å². The van der Waals surface area contributed by atoms with Gasteiger partial charge in [-0.2, -0.15) is 0 Å². The van der Waals surface area contributed by atoms with E-state index < -0.39 is 0 Å². The Morgan fingerprint density at radius 1 is 1.55 bits per heavy atom. The Morgan fingerprint density at radius 3 is 3.00 bits per heavy atom. The van der Waals surface area contributed by atoms with Gasteiger partial charge in [0.05, 0.1) is 0 Å². The van der Waals surface area contributed by atoms with Crippen LogP contribution in [0.5, 0.6) is 0 Å². The van der Waals surface area contributed by atoms with Crippen LogP contribution in [0, 0.1) is 0 Å². The topological polar surface area (TPSA) is 0 Å². The van der Waals surface area contributed by atoms with Crippen molar-refractivity contribution in [2.75, 3.05) is 0 Å². The van der Waals surface area contributed by atoms with E-state index in [9.17, 15) is 0 Å². The van der Waals surface area contributed by atoms with Crippen LogP contribution in [0.25, 0.3) is 0 Å². The summed E-state index contributed by atoms with van der Waals surface area (Å²) in [5.41, 5.74) is 2.66. The van der Waals surface area contributed by atoms with Crippen LogP contribution in [0.3, 0.4) is 0 Å². The molecule has 0 heterocycles. The molecule has 0 aliphatic heterocycles. The minimum atomic E-state index is 0.488. The summed E-state index contributed by atoms with van der Waals surface area (Å²) in [6.45, 7) is 4.39. The van der Waals surface area contributed by atoms with Gasteiger partial charge < -0.3 is 0 Å². The third-order valence-electron chi connectivity index (χ3n) is 1.91. The van der Waals surface area contributed by atoms with Crippen LogP contribution in [0.1, 0.15) is 30.9 Å². The lowest BCUT2D eigenvalue weighted by molar-refractivity contribution is 0.864. The summed E-state index contributed by atoms with van der Waals surface area (Å²) >= 11 is 0. The first-order valence-electron chi connectivity index (χ1n) is 4.83. The molecule has 0 nitrogen and oxygen atoms in total. The monoisotopic (exact) mass is 147 g/mol. The fourth-order valence-electron chi connectivity index (χ4n) is 1.11. The van der Waals surface area contributed by atoms with Gasteiger partial charge in [-0.1, -0.05) is 50.0 Å². The Morgan fingerprint density at radius 2 is 2.36 bits per heavy atom. The summed E-state index contributed by atoms with van der Waals surface area (Å²) in [6, 6.07) is 8.54. The Hall–Kier alpha value is -0.715. The minimum absolute atomic E-state index is 0.488. The Balaban J connectivity index is 2.81. The van der Waals surface area contributed by atoms with Gasteiger partial charge in [-0.3, -0.25) is 0 Å². The highest BCUT2D eigenvalue weighted by Gasteiger charge is 1.97.